The average molecular weight is 650 g/mol. The van der Waals surface area contributed by atoms with E-state index in [0.717, 1.165) is 44.9 Å². The first-order valence-corrected chi connectivity index (χ1v) is 14.4. The van der Waals surface area contributed by atoms with Crippen LogP contribution in [-0.2, 0) is 19.1 Å². The Morgan fingerprint density at radius 1 is 0.818 bits per heavy atom. The molecule has 15 nitrogen and oxygen atoms in total. The molecule has 7 atom stereocenters. The van der Waals surface area contributed by atoms with Crippen LogP contribution in [0.15, 0.2) is 9.98 Å². The zero-order chi connectivity index (χ0) is 31.7. The fourth-order valence-corrected chi connectivity index (χ4v) is 4.37. The number of unbranched alkanes of at least 4 members (excludes halogenated alkanes) is 7. The number of aliphatic imine (C=N–C) groups is 2. The van der Waals surface area contributed by atoms with Crippen LogP contribution in [0.5, 0.6) is 0 Å². The van der Waals surface area contributed by atoms with Crippen molar-refractivity contribution in [1.29, 1.82) is 0 Å². The first-order valence-electron chi connectivity index (χ1n) is 14.4. The summed E-state index contributed by atoms with van der Waals surface area (Å²) < 4.78 is 5.14. The molecule has 1 saturated heterocycles. The van der Waals surface area contributed by atoms with Crippen molar-refractivity contribution in [1.82, 2.24) is 5.32 Å². The summed E-state index contributed by atoms with van der Waals surface area (Å²) in [6.45, 7) is 1.42. The number of carbonyl (C=O) groups excluding carboxylic acids is 1. The van der Waals surface area contributed by atoms with Gasteiger partial charge in [-0.1, -0.05) is 58.3 Å². The smallest absolute Gasteiger partial charge is 0.862 e. The number of carboxylic acids is 2. The molecular formula is C27H45N3Na2O12. The molecule has 17 heteroatoms. The van der Waals surface area contributed by atoms with Crippen LogP contribution in [0.3, 0.4) is 0 Å². The summed E-state index contributed by atoms with van der Waals surface area (Å²) in [6.07, 6.45) is -1.88. The SMILES string of the molecule is CCCCCCCCCC[C@@H](N=C([O-])CCC([O-])=N[C@@H]1O[C@H](CO)[C@@H](O)[C@H](O)[C@H]1O)C(=O)N[C@@H](CCC(=O)O)C(=O)O.[Na+].[Na+]. The number of nitrogens with one attached hydrogen (secondary N) is 1. The van der Waals surface area contributed by atoms with E-state index in [0.29, 0.717) is 6.42 Å². The van der Waals surface area contributed by atoms with E-state index in [1.807, 2.05) is 0 Å². The van der Waals surface area contributed by atoms with Crippen LogP contribution in [0.25, 0.3) is 0 Å². The Balaban J connectivity index is 0. The summed E-state index contributed by atoms with van der Waals surface area (Å²) in [4.78, 5) is 42.7. The quantitative estimate of drug-likeness (QED) is 0.0265. The Bertz CT molecular complexity index is 909. The van der Waals surface area contributed by atoms with Crippen molar-refractivity contribution in [2.24, 2.45) is 9.98 Å². The second-order valence-electron chi connectivity index (χ2n) is 10.4. The molecule has 7 N–H and O–H groups in total. The molecule has 1 rings (SSSR count). The van der Waals surface area contributed by atoms with Crippen molar-refractivity contribution in [3.8, 4) is 0 Å². The predicted octanol–water partition coefficient (Wildman–Crippen LogP) is -7.57. The zero-order valence-corrected chi connectivity index (χ0v) is 30.0. The number of aliphatic hydroxyl groups excluding tert-OH is 4. The van der Waals surface area contributed by atoms with Gasteiger partial charge in [-0.05, 0) is 37.5 Å². The maximum Gasteiger partial charge on any atom is 1.00 e. The van der Waals surface area contributed by atoms with Gasteiger partial charge < -0.3 is 50.9 Å². The van der Waals surface area contributed by atoms with E-state index in [-0.39, 0.29) is 72.0 Å². The van der Waals surface area contributed by atoms with Crippen LogP contribution in [-0.4, -0.2) is 110 Å². The summed E-state index contributed by atoms with van der Waals surface area (Å²) in [6, 6.07) is -2.74. The Kier molecular flexibility index (Phi) is 26.0. The second-order valence-corrected chi connectivity index (χ2v) is 10.4. The van der Waals surface area contributed by atoms with Crippen LogP contribution in [0, 0.1) is 0 Å². The molecule has 1 aliphatic heterocycles. The minimum atomic E-state index is -1.75. The van der Waals surface area contributed by atoms with Gasteiger partial charge in [-0.2, -0.15) is 0 Å². The Morgan fingerprint density at radius 3 is 1.93 bits per heavy atom. The number of hydrogen-bond donors (Lipinski definition) is 7. The summed E-state index contributed by atoms with van der Waals surface area (Å²) in [5, 5.41) is 84.2. The van der Waals surface area contributed by atoms with E-state index in [2.05, 4.69) is 22.2 Å². The summed E-state index contributed by atoms with van der Waals surface area (Å²) >= 11 is 0. The molecule has 1 fully saturated rings. The molecule has 44 heavy (non-hydrogen) atoms. The van der Waals surface area contributed by atoms with Gasteiger partial charge in [-0.3, -0.25) is 19.6 Å². The average Bonchev–Trinajstić information content (AvgIpc) is 2.94. The molecule has 0 spiro atoms. The number of hydrogen-bond acceptors (Lipinski definition) is 12. The number of ether oxygens (including phenoxy) is 1. The van der Waals surface area contributed by atoms with Crippen molar-refractivity contribution in [2.45, 2.75) is 133 Å². The van der Waals surface area contributed by atoms with E-state index >= 15 is 0 Å². The van der Waals surface area contributed by atoms with Gasteiger partial charge >= 0.3 is 71.1 Å². The van der Waals surface area contributed by atoms with Gasteiger partial charge in [0.15, 0.2) is 6.23 Å². The van der Waals surface area contributed by atoms with Crippen molar-refractivity contribution >= 4 is 29.6 Å². The van der Waals surface area contributed by atoms with E-state index < -0.39 is 98.2 Å². The normalized spacial score (nSPS) is 23.5. The Hall–Kier alpha value is -0.850. The monoisotopic (exact) mass is 649 g/mol. The van der Waals surface area contributed by atoms with Crippen molar-refractivity contribution in [3.63, 3.8) is 0 Å². The van der Waals surface area contributed by atoms with Crippen molar-refractivity contribution in [3.05, 3.63) is 0 Å². The van der Waals surface area contributed by atoms with Gasteiger partial charge in [-0.25, -0.2) is 4.79 Å². The number of aliphatic hydroxyl groups is 4. The minimum Gasteiger partial charge on any atom is -0.862 e. The summed E-state index contributed by atoms with van der Waals surface area (Å²) in [5.74, 6) is -5.23. The number of carboxylic acid groups (broad SMARTS) is 2. The second kappa shape index (κ2) is 25.3. The molecule has 1 amide bonds. The third kappa shape index (κ3) is 17.7. The van der Waals surface area contributed by atoms with E-state index in [9.17, 15) is 50.1 Å². The van der Waals surface area contributed by atoms with Gasteiger partial charge in [0.25, 0.3) is 0 Å². The van der Waals surface area contributed by atoms with Gasteiger partial charge in [-0.15, -0.1) is 0 Å². The fraction of sp³-hybridized carbons (Fsp3) is 0.815. The van der Waals surface area contributed by atoms with E-state index in [4.69, 9.17) is 9.84 Å². The van der Waals surface area contributed by atoms with Gasteiger partial charge in [0, 0.05) is 6.42 Å². The van der Waals surface area contributed by atoms with Crippen LogP contribution in [0.2, 0.25) is 0 Å². The molecular weight excluding hydrogens is 604 g/mol. The van der Waals surface area contributed by atoms with Gasteiger partial charge in [0.05, 0.1) is 6.61 Å². The molecule has 1 aliphatic rings. The first kappa shape index (κ1) is 45.3. The minimum absolute atomic E-state index is 0. The summed E-state index contributed by atoms with van der Waals surface area (Å²) in [5.41, 5.74) is 0. The topological polar surface area (TPSA) is 265 Å². The molecule has 0 aromatic carbocycles. The number of aliphatic carboxylic acids is 2. The maximum atomic E-state index is 12.9. The maximum absolute atomic E-state index is 12.9. The summed E-state index contributed by atoms with van der Waals surface area (Å²) in [7, 11) is 0. The van der Waals surface area contributed by atoms with Crippen LogP contribution < -0.4 is 74.6 Å². The molecule has 0 radical (unpaired) electrons. The largest absolute Gasteiger partial charge is 1.00 e. The predicted molar refractivity (Wildman–Crippen MR) is 145 cm³/mol. The third-order valence-corrected chi connectivity index (χ3v) is 6.89. The van der Waals surface area contributed by atoms with E-state index in [1.165, 1.54) is 0 Å². The van der Waals surface area contributed by atoms with Crippen LogP contribution >= 0.6 is 0 Å². The number of amides is 1. The third-order valence-electron chi connectivity index (χ3n) is 6.89. The molecule has 0 aromatic rings. The molecule has 242 valence electrons. The standard InChI is InChI=1S/C27H47N3O12.2Na/c1-2-3-4-5-6-7-8-9-10-16(25(39)29-17(27(40)41)11-14-21(34)35)28-19(32)12-13-20(33)30-26-24(38)23(37)22(36)18(15-31)42-26;;/h16-18,22-24,26,31,36-38H,2-15H2,1H3,(H,28,32)(H,29,39)(H,30,33)(H,34,35)(H,40,41);;/q;2*+1/p-2/t16-,17+,18-,22-,23+,24-,26-;;/m1../s1. The Morgan fingerprint density at radius 2 is 1.39 bits per heavy atom. The number of rotatable bonds is 21. The first-order chi connectivity index (χ1) is 19.9. The van der Waals surface area contributed by atoms with E-state index in [1.54, 1.807) is 0 Å². The van der Waals surface area contributed by atoms with Crippen LogP contribution in [0.1, 0.15) is 90.4 Å². The van der Waals surface area contributed by atoms with Gasteiger partial charge in [0.1, 0.15) is 36.5 Å². The van der Waals surface area contributed by atoms with Crippen molar-refractivity contribution in [2.75, 3.05) is 6.61 Å². The molecule has 0 saturated carbocycles. The molecule has 1 heterocycles. The fourth-order valence-electron chi connectivity index (χ4n) is 4.37. The Labute approximate surface area is 301 Å². The number of nitrogens with zero attached hydrogens (tertiary/aromatic N) is 2. The number of carbonyl (C=O) groups is 3. The molecule has 0 unspecified atom stereocenters. The van der Waals surface area contributed by atoms with Gasteiger partial charge in [0.2, 0.25) is 5.91 Å². The molecule has 0 aromatic heterocycles. The molecule has 0 bridgehead atoms. The van der Waals surface area contributed by atoms with Crippen LogP contribution in [0.4, 0.5) is 0 Å². The zero-order valence-electron chi connectivity index (χ0n) is 26.0. The van der Waals surface area contributed by atoms with Crippen molar-refractivity contribution < 1.29 is 119 Å². The molecule has 0 aliphatic carbocycles.